The molecular formula is C17H11F3N2O4. The van der Waals surface area contributed by atoms with Gasteiger partial charge in [0, 0.05) is 17.2 Å². The van der Waals surface area contributed by atoms with Crippen LogP contribution in [0.15, 0.2) is 42.5 Å². The van der Waals surface area contributed by atoms with E-state index in [0.29, 0.717) is 0 Å². The first-order valence-corrected chi connectivity index (χ1v) is 7.10. The number of nitrogens with one attached hydrogen (secondary N) is 1. The summed E-state index contributed by atoms with van der Waals surface area (Å²) < 4.78 is 37.8. The SMILES string of the molecule is O=C(NCC#Cc1cccc(C(F)(F)F)c1)c1ccc([N+](=O)[O-])c(O)c1. The lowest BCUT2D eigenvalue weighted by Gasteiger charge is -2.05. The second-order valence-corrected chi connectivity index (χ2v) is 5.02. The number of alkyl halides is 3. The molecule has 2 N–H and O–H groups in total. The predicted molar refractivity (Wildman–Crippen MR) is 85.4 cm³/mol. The molecule has 0 aliphatic rings. The third-order valence-electron chi connectivity index (χ3n) is 3.19. The van der Waals surface area contributed by atoms with E-state index < -0.39 is 34.0 Å². The number of hydrogen-bond donors (Lipinski definition) is 2. The molecule has 134 valence electrons. The summed E-state index contributed by atoms with van der Waals surface area (Å²) in [7, 11) is 0. The Morgan fingerprint density at radius 2 is 1.96 bits per heavy atom. The summed E-state index contributed by atoms with van der Waals surface area (Å²) in [4.78, 5) is 21.7. The van der Waals surface area contributed by atoms with Crippen molar-refractivity contribution in [2.45, 2.75) is 6.18 Å². The highest BCUT2D eigenvalue weighted by Crippen LogP contribution is 2.29. The average molecular weight is 364 g/mol. The Labute approximate surface area is 145 Å². The van der Waals surface area contributed by atoms with E-state index in [9.17, 15) is 33.2 Å². The van der Waals surface area contributed by atoms with E-state index >= 15 is 0 Å². The molecule has 26 heavy (non-hydrogen) atoms. The van der Waals surface area contributed by atoms with E-state index in [1.165, 1.54) is 12.1 Å². The molecule has 0 atom stereocenters. The number of rotatable bonds is 3. The van der Waals surface area contributed by atoms with Crippen LogP contribution < -0.4 is 5.32 Å². The second kappa shape index (κ2) is 7.57. The van der Waals surface area contributed by atoms with Gasteiger partial charge in [-0.2, -0.15) is 13.2 Å². The van der Waals surface area contributed by atoms with E-state index in [4.69, 9.17) is 0 Å². The molecule has 2 aromatic rings. The summed E-state index contributed by atoms with van der Waals surface area (Å²) in [6.45, 7) is -0.160. The van der Waals surface area contributed by atoms with Crippen LogP contribution in [0.2, 0.25) is 0 Å². The highest BCUT2D eigenvalue weighted by atomic mass is 19.4. The molecule has 1 amide bonds. The molecule has 9 heteroatoms. The second-order valence-electron chi connectivity index (χ2n) is 5.02. The van der Waals surface area contributed by atoms with Crippen LogP contribution in [0.4, 0.5) is 18.9 Å². The van der Waals surface area contributed by atoms with Crippen LogP contribution in [-0.2, 0) is 6.18 Å². The number of phenolic OH excluding ortho intramolecular Hbond substituents is 1. The Hall–Kier alpha value is -3.54. The fourth-order valence-electron chi connectivity index (χ4n) is 1.97. The van der Waals surface area contributed by atoms with E-state index in [1.54, 1.807) is 0 Å². The van der Waals surface area contributed by atoms with Crippen molar-refractivity contribution in [1.29, 1.82) is 0 Å². The lowest BCUT2D eigenvalue weighted by molar-refractivity contribution is -0.385. The van der Waals surface area contributed by atoms with Crippen molar-refractivity contribution in [3.05, 3.63) is 69.3 Å². The summed E-state index contributed by atoms with van der Waals surface area (Å²) in [5.74, 6) is 3.70. The van der Waals surface area contributed by atoms with Crippen LogP contribution in [-0.4, -0.2) is 22.5 Å². The van der Waals surface area contributed by atoms with Crippen molar-refractivity contribution >= 4 is 11.6 Å². The van der Waals surface area contributed by atoms with Gasteiger partial charge in [-0.3, -0.25) is 14.9 Å². The normalized spacial score (nSPS) is 10.6. The number of hydrogen-bond acceptors (Lipinski definition) is 4. The van der Waals surface area contributed by atoms with Gasteiger partial charge in [-0.1, -0.05) is 17.9 Å². The van der Waals surface area contributed by atoms with Gasteiger partial charge in [-0.25, -0.2) is 0 Å². The smallest absolute Gasteiger partial charge is 0.416 e. The summed E-state index contributed by atoms with van der Waals surface area (Å²) >= 11 is 0. The maximum Gasteiger partial charge on any atom is 0.416 e. The summed E-state index contributed by atoms with van der Waals surface area (Å²) in [5, 5.41) is 22.4. The van der Waals surface area contributed by atoms with Gasteiger partial charge in [-0.15, -0.1) is 0 Å². The van der Waals surface area contributed by atoms with Crippen LogP contribution in [0.25, 0.3) is 0 Å². The topological polar surface area (TPSA) is 92.5 Å². The van der Waals surface area contributed by atoms with Crippen molar-refractivity contribution in [3.63, 3.8) is 0 Å². The van der Waals surface area contributed by atoms with Gasteiger partial charge in [0.15, 0.2) is 5.75 Å². The van der Waals surface area contributed by atoms with Crippen molar-refractivity contribution in [2.24, 2.45) is 0 Å². The molecule has 2 aromatic carbocycles. The Morgan fingerprint density at radius 3 is 2.58 bits per heavy atom. The molecule has 0 saturated heterocycles. The Morgan fingerprint density at radius 1 is 1.23 bits per heavy atom. The first kappa shape index (κ1) is 18.8. The minimum atomic E-state index is -4.47. The zero-order valence-corrected chi connectivity index (χ0v) is 13.0. The van der Waals surface area contributed by atoms with Crippen molar-refractivity contribution in [1.82, 2.24) is 5.32 Å². The molecule has 0 radical (unpaired) electrons. The highest BCUT2D eigenvalue weighted by molar-refractivity contribution is 5.95. The number of aromatic hydroxyl groups is 1. The number of nitro benzene ring substituents is 1. The Balaban J connectivity index is 2.01. The maximum absolute atomic E-state index is 12.6. The van der Waals surface area contributed by atoms with E-state index in [1.807, 2.05) is 0 Å². The van der Waals surface area contributed by atoms with Gasteiger partial charge in [-0.05, 0) is 30.3 Å². The largest absolute Gasteiger partial charge is 0.502 e. The molecular weight excluding hydrogens is 353 g/mol. The molecule has 0 unspecified atom stereocenters. The molecule has 2 rings (SSSR count). The van der Waals surface area contributed by atoms with Crippen LogP contribution in [0.5, 0.6) is 5.75 Å². The predicted octanol–water partition coefficient (Wildman–Crippen LogP) is 3.10. The van der Waals surface area contributed by atoms with Crippen molar-refractivity contribution < 1.29 is 28.0 Å². The van der Waals surface area contributed by atoms with Crippen LogP contribution in [0, 0.1) is 22.0 Å². The number of halogens is 3. The standard InChI is InChI=1S/C17H11F3N2O4/c18-17(19,20)13-5-1-3-11(9-13)4-2-8-21-16(24)12-6-7-14(22(25)26)15(23)10-12/h1,3,5-7,9-10,23H,8H2,(H,21,24). The van der Waals surface area contributed by atoms with E-state index in [2.05, 4.69) is 17.2 Å². The fourth-order valence-corrected chi connectivity index (χ4v) is 1.97. The molecule has 6 nitrogen and oxygen atoms in total. The number of phenols is 1. The number of nitro groups is 1. The quantitative estimate of drug-likeness (QED) is 0.497. The average Bonchev–Trinajstić information content (AvgIpc) is 2.57. The molecule has 0 aliphatic heterocycles. The highest BCUT2D eigenvalue weighted by Gasteiger charge is 2.30. The number of benzene rings is 2. The summed E-state index contributed by atoms with van der Waals surface area (Å²) in [5.41, 5.74) is -1.24. The molecule has 0 fully saturated rings. The monoisotopic (exact) mass is 364 g/mol. The molecule has 0 saturated carbocycles. The number of carbonyl (C=O) groups excluding carboxylic acids is 1. The molecule has 0 aliphatic carbocycles. The lowest BCUT2D eigenvalue weighted by atomic mass is 10.1. The van der Waals surface area contributed by atoms with Crippen molar-refractivity contribution in [2.75, 3.05) is 6.54 Å². The maximum atomic E-state index is 12.6. The van der Waals surface area contributed by atoms with E-state index in [0.717, 1.165) is 30.3 Å². The van der Waals surface area contributed by atoms with Gasteiger partial charge in [0.25, 0.3) is 5.91 Å². The molecule has 0 aromatic heterocycles. The van der Waals surface area contributed by atoms with Crippen LogP contribution >= 0.6 is 0 Å². The Bertz CT molecular complexity index is 914. The molecule has 0 bridgehead atoms. The van der Waals surface area contributed by atoms with Crippen LogP contribution in [0.3, 0.4) is 0 Å². The molecule has 0 spiro atoms. The van der Waals surface area contributed by atoms with Gasteiger partial charge in [0.05, 0.1) is 17.0 Å². The molecule has 0 heterocycles. The third-order valence-corrected chi connectivity index (χ3v) is 3.19. The van der Waals surface area contributed by atoms with Gasteiger partial charge >= 0.3 is 11.9 Å². The van der Waals surface area contributed by atoms with Crippen LogP contribution in [0.1, 0.15) is 21.5 Å². The Kier molecular flexibility index (Phi) is 5.47. The van der Waals surface area contributed by atoms with Crippen molar-refractivity contribution in [3.8, 4) is 17.6 Å². The van der Waals surface area contributed by atoms with E-state index in [-0.39, 0.29) is 17.7 Å². The van der Waals surface area contributed by atoms with Gasteiger partial charge in [0.2, 0.25) is 0 Å². The lowest BCUT2D eigenvalue weighted by Crippen LogP contribution is -2.23. The van der Waals surface area contributed by atoms with Gasteiger partial charge in [0.1, 0.15) is 0 Å². The zero-order valence-electron chi connectivity index (χ0n) is 13.0. The zero-order chi connectivity index (χ0) is 19.3. The summed E-state index contributed by atoms with van der Waals surface area (Å²) in [6.07, 6.45) is -4.47. The first-order chi connectivity index (χ1) is 12.2. The minimum absolute atomic E-state index is 0.0195. The minimum Gasteiger partial charge on any atom is -0.502 e. The van der Waals surface area contributed by atoms with Gasteiger partial charge < -0.3 is 10.4 Å². The number of nitrogens with zero attached hydrogens (tertiary/aromatic N) is 1. The summed E-state index contributed by atoms with van der Waals surface area (Å²) in [6, 6.07) is 7.53. The number of amides is 1. The number of carbonyl (C=O) groups is 1. The third kappa shape index (κ3) is 4.73. The fraction of sp³-hybridized carbons (Fsp3) is 0.118. The first-order valence-electron chi connectivity index (χ1n) is 7.10.